The van der Waals surface area contributed by atoms with Crippen molar-refractivity contribution in [2.24, 2.45) is 5.73 Å². The number of halogens is 3. The number of benzene rings is 2. The van der Waals surface area contributed by atoms with Gasteiger partial charge in [-0.2, -0.15) is 0 Å². The maximum atomic E-state index is 14.8. The number of rotatable bonds is 7. The van der Waals surface area contributed by atoms with Crippen LogP contribution < -0.4 is 10.5 Å². The Balaban J connectivity index is 2.02. The fraction of sp³-hybridized carbons (Fsp3) is 0.350. The van der Waals surface area contributed by atoms with Gasteiger partial charge in [0.15, 0.2) is 9.84 Å². The number of nitrogens with two attached hydrogens (primary N) is 1. The molecule has 1 amide bonds. The molecule has 0 radical (unpaired) electrons. The number of amides is 1. The third-order valence-corrected chi connectivity index (χ3v) is 9.69. The standard InChI is InChI=1S/C20H21ClF2N2O5S2/c21-13-1-4-16(5-2-13)32(29,30)20(17-11-14(22)3-6-18(17)23)9-7-15(8-10-20)25-31(27,28)12-19(24)26/h1-6,11,15,25H,7-10,12H2,(H2,24,26). The van der Waals surface area contributed by atoms with Gasteiger partial charge in [0.05, 0.1) is 4.90 Å². The molecule has 0 spiro atoms. The third kappa shape index (κ3) is 4.95. The predicted molar refractivity (Wildman–Crippen MR) is 115 cm³/mol. The van der Waals surface area contributed by atoms with E-state index in [1.165, 1.54) is 24.3 Å². The van der Waals surface area contributed by atoms with Crippen molar-refractivity contribution in [3.8, 4) is 0 Å². The Labute approximate surface area is 189 Å². The summed E-state index contributed by atoms with van der Waals surface area (Å²) in [5.41, 5.74) is 4.63. The van der Waals surface area contributed by atoms with Gasteiger partial charge in [0.1, 0.15) is 22.1 Å². The largest absolute Gasteiger partial charge is 0.369 e. The van der Waals surface area contributed by atoms with Crippen molar-refractivity contribution >= 4 is 37.4 Å². The van der Waals surface area contributed by atoms with Gasteiger partial charge in [0, 0.05) is 16.6 Å². The highest BCUT2D eigenvalue weighted by molar-refractivity contribution is 7.92. The van der Waals surface area contributed by atoms with Crippen molar-refractivity contribution in [1.29, 1.82) is 0 Å². The van der Waals surface area contributed by atoms with Gasteiger partial charge < -0.3 is 5.73 Å². The summed E-state index contributed by atoms with van der Waals surface area (Å²) in [5.74, 6) is -3.61. The molecule has 7 nitrogen and oxygen atoms in total. The van der Waals surface area contributed by atoms with Crippen LogP contribution in [0.5, 0.6) is 0 Å². The summed E-state index contributed by atoms with van der Waals surface area (Å²) < 4.78 is 80.8. The maximum absolute atomic E-state index is 14.8. The first-order valence-corrected chi connectivity index (χ1v) is 13.1. The number of primary amides is 1. The van der Waals surface area contributed by atoms with Gasteiger partial charge in [-0.15, -0.1) is 0 Å². The number of nitrogens with one attached hydrogen (secondary N) is 1. The van der Waals surface area contributed by atoms with Crippen LogP contribution in [0.2, 0.25) is 5.02 Å². The van der Waals surface area contributed by atoms with E-state index in [4.69, 9.17) is 17.3 Å². The monoisotopic (exact) mass is 506 g/mol. The fourth-order valence-electron chi connectivity index (χ4n) is 4.05. The second kappa shape index (κ2) is 9.05. The van der Waals surface area contributed by atoms with E-state index in [2.05, 4.69) is 4.72 Å². The lowest BCUT2D eigenvalue weighted by molar-refractivity contribution is -0.115. The zero-order valence-electron chi connectivity index (χ0n) is 16.7. The highest BCUT2D eigenvalue weighted by Crippen LogP contribution is 2.48. The SMILES string of the molecule is NC(=O)CS(=O)(=O)NC1CCC(c2cc(F)ccc2F)(S(=O)(=O)c2ccc(Cl)cc2)CC1. The van der Waals surface area contributed by atoms with Crippen LogP contribution in [0.3, 0.4) is 0 Å². The summed E-state index contributed by atoms with van der Waals surface area (Å²) in [7, 11) is -8.25. The Hall–Kier alpha value is -2.08. The van der Waals surface area contributed by atoms with E-state index in [9.17, 15) is 30.4 Å². The molecular formula is C20H21ClF2N2O5S2. The van der Waals surface area contributed by atoms with Crippen molar-refractivity contribution in [2.45, 2.75) is 41.4 Å². The van der Waals surface area contributed by atoms with Crippen LogP contribution in [0.4, 0.5) is 8.78 Å². The van der Waals surface area contributed by atoms with Crippen molar-refractivity contribution in [3.63, 3.8) is 0 Å². The molecule has 0 aromatic heterocycles. The van der Waals surface area contributed by atoms with Gasteiger partial charge in [0.25, 0.3) is 0 Å². The summed E-state index contributed by atoms with van der Waals surface area (Å²) in [6.07, 6.45) is -0.328. The van der Waals surface area contributed by atoms with Gasteiger partial charge >= 0.3 is 0 Å². The Morgan fingerprint density at radius 1 is 1.06 bits per heavy atom. The second-order valence-corrected chi connectivity index (χ2v) is 12.1. The zero-order chi connectivity index (χ0) is 23.7. The highest BCUT2D eigenvalue weighted by atomic mass is 35.5. The molecule has 1 aliphatic carbocycles. The predicted octanol–water partition coefficient (Wildman–Crippen LogP) is 2.63. The molecule has 0 unspecified atom stereocenters. The smallest absolute Gasteiger partial charge is 0.234 e. The van der Waals surface area contributed by atoms with Gasteiger partial charge in [0.2, 0.25) is 15.9 Å². The molecule has 32 heavy (non-hydrogen) atoms. The molecule has 1 saturated carbocycles. The minimum atomic E-state index is -4.24. The van der Waals surface area contributed by atoms with E-state index in [0.717, 1.165) is 18.2 Å². The number of hydrogen-bond donors (Lipinski definition) is 2. The van der Waals surface area contributed by atoms with E-state index >= 15 is 0 Å². The quantitative estimate of drug-likeness (QED) is 0.597. The lowest BCUT2D eigenvalue weighted by Crippen LogP contribution is -2.47. The highest BCUT2D eigenvalue weighted by Gasteiger charge is 2.50. The summed E-state index contributed by atoms with van der Waals surface area (Å²) in [4.78, 5) is 10.9. The Kier molecular flexibility index (Phi) is 6.94. The molecule has 12 heteroatoms. The Bertz CT molecular complexity index is 1230. The third-order valence-electron chi connectivity index (χ3n) is 5.53. The number of sulfonamides is 1. The van der Waals surface area contributed by atoms with Crippen LogP contribution in [0.1, 0.15) is 31.2 Å². The molecule has 0 saturated heterocycles. The molecule has 0 heterocycles. The molecule has 1 aliphatic rings. The first kappa shape index (κ1) is 24.6. The lowest BCUT2D eigenvalue weighted by Gasteiger charge is -2.40. The van der Waals surface area contributed by atoms with E-state index in [-0.39, 0.29) is 36.1 Å². The van der Waals surface area contributed by atoms with Gasteiger partial charge in [-0.3, -0.25) is 4.79 Å². The molecule has 2 aromatic carbocycles. The maximum Gasteiger partial charge on any atom is 0.234 e. The van der Waals surface area contributed by atoms with Crippen molar-refractivity contribution in [3.05, 3.63) is 64.7 Å². The van der Waals surface area contributed by atoms with Crippen molar-refractivity contribution < 1.29 is 30.4 Å². The average molecular weight is 507 g/mol. The van der Waals surface area contributed by atoms with Crippen LogP contribution in [0.25, 0.3) is 0 Å². The number of sulfone groups is 1. The average Bonchev–Trinajstić information content (AvgIpc) is 2.69. The number of carbonyl (C=O) groups is 1. The van der Waals surface area contributed by atoms with E-state index in [1.807, 2.05) is 0 Å². The zero-order valence-corrected chi connectivity index (χ0v) is 19.1. The molecule has 0 atom stereocenters. The minimum absolute atomic E-state index is 0.0146. The number of carbonyl (C=O) groups excluding carboxylic acids is 1. The first-order chi connectivity index (χ1) is 14.9. The Morgan fingerprint density at radius 2 is 1.66 bits per heavy atom. The molecule has 0 bridgehead atoms. The summed E-state index contributed by atoms with van der Waals surface area (Å²) >= 11 is 5.86. The van der Waals surface area contributed by atoms with Gasteiger partial charge in [-0.25, -0.2) is 30.3 Å². The summed E-state index contributed by atoms with van der Waals surface area (Å²) in [5, 5.41) is 0.308. The van der Waals surface area contributed by atoms with Crippen LogP contribution >= 0.6 is 11.6 Å². The van der Waals surface area contributed by atoms with Crippen LogP contribution in [-0.4, -0.2) is 34.5 Å². The van der Waals surface area contributed by atoms with E-state index in [0.29, 0.717) is 5.02 Å². The summed E-state index contributed by atoms with van der Waals surface area (Å²) in [6, 6.07) is 7.28. The molecule has 2 aromatic rings. The Morgan fingerprint density at radius 3 is 2.22 bits per heavy atom. The minimum Gasteiger partial charge on any atom is -0.369 e. The molecule has 3 rings (SSSR count). The normalized spacial score (nSPS) is 21.9. The molecule has 174 valence electrons. The molecule has 3 N–H and O–H groups in total. The summed E-state index contributed by atoms with van der Waals surface area (Å²) in [6.45, 7) is 0. The van der Waals surface area contributed by atoms with E-state index < -0.39 is 53.9 Å². The van der Waals surface area contributed by atoms with Gasteiger partial charge in [-0.05, 0) is 68.1 Å². The second-order valence-electron chi connectivity index (χ2n) is 7.69. The van der Waals surface area contributed by atoms with Crippen LogP contribution in [-0.2, 0) is 29.4 Å². The number of hydrogen-bond acceptors (Lipinski definition) is 5. The van der Waals surface area contributed by atoms with E-state index in [1.54, 1.807) is 0 Å². The van der Waals surface area contributed by atoms with Gasteiger partial charge in [-0.1, -0.05) is 11.6 Å². The van der Waals surface area contributed by atoms with Crippen molar-refractivity contribution in [1.82, 2.24) is 4.72 Å². The first-order valence-electron chi connectivity index (χ1n) is 9.60. The fourth-order valence-corrected chi connectivity index (χ4v) is 7.55. The lowest BCUT2D eigenvalue weighted by atomic mass is 9.80. The van der Waals surface area contributed by atoms with Crippen LogP contribution in [0.15, 0.2) is 47.4 Å². The van der Waals surface area contributed by atoms with Crippen LogP contribution in [0, 0.1) is 11.6 Å². The molecule has 0 aliphatic heterocycles. The molecule has 1 fully saturated rings. The topological polar surface area (TPSA) is 123 Å². The van der Waals surface area contributed by atoms with Crippen molar-refractivity contribution in [2.75, 3.05) is 5.75 Å². The molecular weight excluding hydrogens is 486 g/mol.